The quantitative estimate of drug-likeness (QED) is 0.902. The van der Waals surface area contributed by atoms with Gasteiger partial charge in [-0.3, -0.25) is 9.78 Å². The minimum absolute atomic E-state index is 0.0838. The monoisotopic (exact) mass is 295 g/mol. The molecule has 0 aliphatic heterocycles. The molecule has 1 aromatic carbocycles. The summed E-state index contributed by atoms with van der Waals surface area (Å²) < 4.78 is 0. The van der Waals surface area contributed by atoms with Crippen molar-refractivity contribution in [2.24, 2.45) is 0 Å². The van der Waals surface area contributed by atoms with E-state index >= 15 is 0 Å². The molecule has 1 saturated carbocycles. The van der Waals surface area contributed by atoms with Crippen LogP contribution in [0.15, 0.2) is 42.6 Å². The lowest BCUT2D eigenvalue weighted by atomic mass is 10.2. The van der Waals surface area contributed by atoms with Gasteiger partial charge in [0.1, 0.15) is 5.69 Å². The van der Waals surface area contributed by atoms with Crippen LogP contribution in [0.2, 0.25) is 0 Å². The molecule has 2 aromatic rings. The lowest BCUT2D eigenvalue weighted by Gasteiger charge is -2.12. The first-order chi connectivity index (χ1) is 10.7. The number of nitrogens with one attached hydrogen (secondary N) is 2. The molecule has 1 heterocycles. The van der Waals surface area contributed by atoms with E-state index in [0.29, 0.717) is 11.7 Å². The van der Waals surface area contributed by atoms with Crippen molar-refractivity contribution in [2.45, 2.75) is 38.6 Å². The number of rotatable bonds is 4. The molecule has 0 unspecified atom stereocenters. The van der Waals surface area contributed by atoms with Gasteiger partial charge in [0.2, 0.25) is 0 Å². The van der Waals surface area contributed by atoms with E-state index in [4.69, 9.17) is 0 Å². The summed E-state index contributed by atoms with van der Waals surface area (Å²) in [5, 5.41) is 6.36. The van der Waals surface area contributed by atoms with Crippen LogP contribution >= 0.6 is 0 Å². The summed E-state index contributed by atoms with van der Waals surface area (Å²) in [5.74, 6) is -0.0838. The van der Waals surface area contributed by atoms with E-state index in [-0.39, 0.29) is 5.91 Å². The summed E-state index contributed by atoms with van der Waals surface area (Å²) in [7, 11) is 0. The maximum atomic E-state index is 12.2. The van der Waals surface area contributed by atoms with Crippen molar-refractivity contribution in [1.29, 1.82) is 0 Å². The molecule has 0 bridgehead atoms. The van der Waals surface area contributed by atoms with Crippen LogP contribution < -0.4 is 10.6 Å². The van der Waals surface area contributed by atoms with Crippen molar-refractivity contribution in [1.82, 2.24) is 10.3 Å². The fraction of sp³-hybridized carbons (Fsp3) is 0.333. The zero-order valence-electron chi connectivity index (χ0n) is 12.8. The zero-order valence-corrected chi connectivity index (χ0v) is 12.8. The highest BCUT2D eigenvalue weighted by Gasteiger charge is 2.18. The van der Waals surface area contributed by atoms with Crippen LogP contribution in [0.25, 0.3) is 0 Å². The molecule has 0 saturated heterocycles. The average Bonchev–Trinajstić information content (AvgIpc) is 3.03. The highest BCUT2D eigenvalue weighted by atomic mass is 16.1. The third-order valence-corrected chi connectivity index (χ3v) is 4.02. The second kappa shape index (κ2) is 6.60. The molecule has 0 radical (unpaired) electrons. The zero-order chi connectivity index (χ0) is 15.4. The molecular formula is C18H21N3O. The Bertz CT molecular complexity index is 646. The van der Waals surface area contributed by atoms with E-state index in [0.717, 1.165) is 24.2 Å². The predicted octanol–water partition coefficient (Wildman–Crippen LogP) is 3.81. The van der Waals surface area contributed by atoms with Crippen LogP contribution in [0.5, 0.6) is 0 Å². The minimum atomic E-state index is -0.0838. The summed E-state index contributed by atoms with van der Waals surface area (Å²) in [6.07, 6.45) is 6.22. The summed E-state index contributed by atoms with van der Waals surface area (Å²) in [4.78, 5) is 16.4. The van der Waals surface area contributed by atoms with Gasteiger partial charge in [0, 0.05) is 23.6 Å². The second-order valence-corrected chi connectivity index (χ2v) is 5.88. The third-order valence-electron chi connectivity index (χ3n) is 4.02. The van der Waals surface area contributed by atoms with Gasteiger partial charge in [-0.2, -0.15) is 0 Å². The predicted molar refractivity (Wildman–Crippen MR) is 88.4 cm³/mol. The second-order valence-electron chi connectivity index (χ2n) is 5.88. The fourth-order valence-corrected chi connectivity index (χ4v) is 2.77. The summed E-state index contributed by atoms with van der Waals surface area (Å²) in [6.45, 7) is 2.06. The molecule has 22 heavy (non-hydrogen) atoms. The molecule has 4 nitrogen and oxygen atoms in total. The first kappa shape index (κ1) is 14.6. The van der Waals surface area contributed by atoms with Gasteiger partial charge in [0.05, 0.1) is 0 Å². The van der Waals surface area contributed by atoms with Gasteiger partial charge in [-0.05, 0) is 44.0 Å². The van der Waals surface area contributed by atoms with Crippen LogP contribution in [0, 0.1) is 6.92 Å². The SMILES string of the molecule is Cc1ccc(Nc2ccnc(C(=O)NC3CCCC3)c2)cc1. The highest BCUT2D eigenvalue weighted by Crippen LogP contribution is 2.19. The molecule has 1 amide bonds. The van der Waals surface area contributed by atoms with Gasteiger partial charge in [0.15, 0.2) is 0 Å². The maximum absolute atomic E-state index is 12.2. The number of pyridine rings is 1. The molecule has 4 heteroatoms. The largest absolute Gasteiger partial charge is 0.355 e. The highest BCUT2D eigenvalue weighted by molar-refractivity contribution is 5.93. The number of hydrogen-bond acceptors (Lipinski definition) is 3. The fourth-order valence-electron chi connectivity index (χ4n) is 2.77. The van der Waals surface area contributed by atoms with Crippen molar-refractivity contribution in [3.05, 3.63) is 53.9 Å². The van der Waals surface area contributed by atoms with Gasteiger partial charge in [-0.25, -0.2) is 0 Å². The molecule has 0 atom stereocenters. The Morgan fingerprint density at radius 2 is 1.82 bits per heavy atom. The number of aromatic nitrogens is 1. The molecule has 114 valence electrons. The molecule has 3 rings (SSSR count). The number of nitrogens with zero attached hydrogens (tertiary/aromatic N) is 1. The summed E-state index contributed by atoms with van der Waals surface area (Å²) in [5.41, 5.74) is 3.55. The van der Waals surface area contributed by atoms with Gasteiger partial charge < -0.3 is 10.6 Å². The van der Waals surface area contributed by atoms with Gasteiger partial charge in [-0.15, -0.1) is 0 Å². The third kappa shape index (κ3) is 3.64. The van der Waals surface area contributed by atoms with E-state index in [1.807, 2.05) is 18.2 Å². The number of benzene rings is 1. The average molecular weight is 295 g/mol. The van der Waals surface area contributed by atoms with E-state index in [2.05, 4.69) is 34.7 Å². The van der Waals surface area contributed by atoms with Gasteiger partial charge >= 0.3 is 0 Å². The van der Waals surface area contributed by atoms with E-state index in [1.54, 1.807) is 12.3 Å². The molecule has 1 aliphatic carbocycles. The molecular weight excluding hydrogens is 274 g/mol. The van der Waals surface area contributed by atoms with E-state index in [1.165, 1.54) is 18.4 Å². The van der Waals surface area contributed by atoms with Crippen LogP contribution in [0.3, 0.4) is 0 Å². The van der Waals surface area contributed by atoms with E-state index in [9.17, 15) is 4.79 Å². The Labute approximate surface area is 131 Å². The summed E-state index contributed by atoms with van der Waals surface area (Å²) in [6, 6.07) is 12.1. The van der Waals surface area contributed by atoms with Crippen molar-refractivity contribution >= 4 is 17.3 Å². The Morgan fingerprint density at radius 3 is 2.55 bits per heavy atom. The number of aryl methyl sites for hydroxylation is 1. The first-order valence-corrected chi connectivity index (χ1v) is 7.81. The smallest absolute Gasteiger partial charge is 0.270 e. The van der Waals surface area contributed by atoms with Crippen LogP contribution in [0.1, 0.15) is 41.7 Å². The van der Waals surface area contributed by atoms with Gasteiger partial charge in [-0.1, -0.05) is 30.5 Å². The number of hydrogen-bond donors (Lipinski definition) is 2. The Kier molecular flexibility index (Phi) is 4.37. The molecule has 0 spiro atoms. The van der Waals surface area contributed by atoms with Crippen LogP contribution in [-0.4, -0.2) is 16.9 Å². The topological polar surface area (TPSA) is 54.0 Å². The number of carbonyl (C=O) groups is 1. The molecule has 1 aliphatic rings. The van der Waals surface area contributed by atoms with Crippen LogP contribution in [-0.2, 0) is 0 Å². The Hall–Kier alpha value is -2.36. The van der Waals surface area contributed by atoms with Crippen molar-refractivity contribution in [3.63, 3.8) is 0 Å². The standard InChI is InChI=1S/C18H21N3O/c1-13-6-8-15(9-7-13)20-16-10-11-19-17(12-16)18(22)21-14-4-2-3-5-14/h6-12,14H,2-5H2,1H3,(H,19,20)(H,21,22). The number of carbonyl (C=O) groups excluding carboxylic acids is 1. The van der Waals surface area contributed by atoms with Crippen molar-refractivity contribution in [2.75, 3.05) is 5.32 Å². The van der Waals surface area contributed by atoms with Gasteiger partial charge in [0.25, 0.3) is 5.91 Å². The molecule has 1 fully saturated rings. The first-order valence-electron chi connectivity index (χ1n) is 7.81. The molecule has 2 N–H and O–H groups in total. The minimum Gasteiger partial charge on any atom is -0.355 e. The Balaban J connectivity index is 1.68. The normalized spacial score (nSPS) is 14.8. The lowest BCUT2D eigenvalue weighted by molar-refractivity contribution is 0.0933. The lowest BCUT2D eigenvalue weighted by Crippen LogP contribution is -2.33. The van der Waals surface area contributed by atoms with Crippen molar-refractivity contribution in [3.8, 4) is 0 Å². The number of anilines is 2. The van der Waals surface area contributed by atoms with E-state index < -0.39 is 0 Å². The maximum Gasteiger partial charge on any atom is 0.270 e. The number of amides is 1. The summed E-state index contributed by atoms with van der Waals surface area (Å²) >= 11 is 0. The van der Waals surface area contributed by atoms with Crippen LogP contribution in [0.4, 0.5) is 11.4 Å². The van der Waals surface area contributed by atoms with Crippen molar-refractivity contribution < 1.29 is 4.79 Å². The Morgan fingerprint density at radius 1 is 1.09 bits per heavy atom. The molecule has 1 aromatic heterocycles.